The summed E-state index contributed by atoms with van der Waals surface area (Å²) in [6.45, 7) is 0.402. The molecule has 7 heteroatoms. The number of hydrogen-bond acceptors (Lipinski definition) is 2. The number of carboxylic acid groups (broad SMARTS) is 1. The predicted octanol–water partition coefficient (Wildman–Crippen LogP) is 2.68. The van der Waals surface area contributed by atoms with E-state index in [-0.39, 0.29) is 19.4 Å². The number of carbonyl (C=O) groups is 2. The number of piperidine rings is 1. The van der Waals surface area contributed by atoms with Gasteiger partial charge < -0.3 is 10.0 Å². The molecule has 0 aromatic carbocycles. The van der Waals surface area contributed by atoms with Crippen molar-refractivity contribution >= 4 is 11.9 Å². The van der Waals surface area contributed by atoms with Gasteiger partial charge in [-0.3, -0.25) is 9.59 Å². The molecule has 2 fully saturated rings. The van der Waals surface area contributed by atoms with E-state index >= 15 is 0 Å². The monoisotopic (exact) mass is 307 g/mol. The Labute approximate surface area is 121 Å². The highest BCUT2D eigenvalue weighted by atomic mass is 19.4. The van der Waals surface area contributed by atoms with Crippen LogP contribution >= 0.6 is 0 Å². The molecule has 1 aliphatic heterocycles. The number of halogens is 3. The summed E-state index contributed by atoms with van der Waals surface area (Å²) in [6, 6.07) is 0. The number of carbonyl (C=O) groups excluding carboxylic acids is 1. The van der Waals surface area contributed by atoms with Crippen LogP contribution in [0.25, 0.3) is 0 Å². The smallest absolute Gasteiger partial charge is 0.392 e. The van der Waals surface area contributed by atoms with E-state index in [0.717, 1.165) is 0 Å². The van der Waals surface area contributed by atoms with Crippen molar-refractivity contribution in [3.63, 3.8) is 0 Å². The van der Waals surface area contributed by atoms with Gasteiger partial charge in [0.2, 0.25) is 5.91 Å². The first-order valence-electron chi connectivity index (χ1n) is 7.39. The fraction of sp³-hybridized carbons (Fsp3) is 0.857. The summed E-state index contributed by atoms with van der Waals surface area (Å²) in [5, 5.41) is 9.01. The first-order valence-corrected chi connectivity index (χ1v) is 7.39. The molecule has 1 amide bonds. The summed E-state index contributed by atoms with van der Waals surface area (Å²) in [5.41, 5.74) is 0. The van der Waals surface area contributed by atoms with Crippen LogP contribution in [0.1, 0.15) is 38.5 Å². The van der Waals surface area contributed by atoms with Crippen LogP contribution in [0.5, 0.6) is 0 Å². The van der Waals surface area contributed by atoms with Gasteiger partial charge in [0.05, 0.1) is 11.8 Å². The Hall–Kier alpha value is -1.27. The van der Waals surface area contributed by atoms with Crippen molar-refractivity contribution in [2.45, 2.75) is 44.7 Å². The average Bonchev–Trinajstić information content (AvgIpc) is 2.45. The Morgan fingerprint density at radius 2 is 1.71 bits per heavy atom. The molecule has 0 radical (unpaired) electrons. The maximum atomic E-state index is 13.1. The topological polar surface area (TPSA) is 57.6 Å². The standard InChI is InChI=1S/C14H20F3NO3/c15-14(16,17)11-6-2-1-5-10(11)12(19)18-7-3-4-9(8-18)13(20)21/h9-11H,1-8H2,(H,20,21)/t9-,10?,11?/m0/s1. The first-order chi connectivity index (χ1) is 9.80. The molecule has 2 rings (SSSR count). The maximum absolute atomic E-state index is 13.1. The molecular formula is C14H20F3NO3. The molecule has 3 atom stereocenters. The highest BCUT2D eigenvalue weighted by Gasteiger charge is 2.49. The Bertz CT molecular complexity index is 411. The van der Waals surface area contributed by atoms with Crippen LogP contribution in [0.4, 0.5) is 13.2 Å². The van der Waals surface area contributed by atoms with Gasteiger partial charge in [-0.15, -0.1) is 0 Å². The number of amides is 1. The SMILES string of the molecule is O=C(O)[C@H]1CCCN(C(=O)C2CCCCC2C(F)(F)F)C1. The number of hydrogen-bond donors (Lipinski definition) is 1. The zero-order valence-electron chi connectivity index (χ0n) is 11.7. The molecule has 0 bridgehead atoms. The van der Waals surface area contributed by atoms with Crippen LogP contribution in [0.3, 0.4) is 0 Å². The van der Waals surface area contributed by atoms with Gasteiger partial charge in [-0.2, -0.15) is 13.2 Å². The van der Waals surface area contributed by atoms with Gasteiger partial charge in [0.25, 0.3) is 0 Å². The molecule has 1 heterocycles. The third-order valence-electron chi connectivity index (χ3n) is 4.59. The summed E-state index contributed by atoms with van der Waals surface area (Å²) >= 11 is 0. The van der Waals surface area contributed by atoms with E-state index in [1.54, 1.807) is 0 Å². The molecule has 2 unspecified atom stereocenters. The second kappa shape index (κ2) is 6.23. The summed E-state index contributed by atoms with van der Waals surface area (Å²) in [6.07, 6.45) is -1.99. The van der Waals surface area contributed by atoms with Gasteiger partial charge in [-0.05, 0) is 25.7 Å². The van der Waals surface area contributed by atoms with Crippen LogP contribution in [-0.2, 0) is 9.59 Å². The number of carboxylic acids is 1. The van der Waals surface area contributed by atoms with Gasteiger partial charge in [-0.25, -0.2) is 0 Å². The minimum absolute atomic E-state index is 0.00386. The molecule has 0 aromatic rings. The highest BCUT2D eigenvalue weighted by Crippen LogP contribution is 2.42. The molecule has 4 nitrogen and oxygen atoms in total. The van der Waals surface area contributed by atoms with E-state index in [1.165, 1.54) is 4.90 Å². The highest BCUT2D eigenvalue weighted by molar-refractivity contribution is 5.80. The van der Waals surface area contributed by atoms with Crippen molar-refractivity contribution in [1.82, 2.24) is 4.90 Å². The number of aliphatic carboxylic acids is 1. The van der Waals surface area contributed by atoms with E-state index in [2.05, 4.69) is 0 Å². The minimum Gasteiger partial charge on any atom is -0.481 e. The molecule has 0 spiro atoms. The van der Waals surface area contributed by atoms with Crippen LogP contribution in [-0.4, -0.2) is 41.1 Å². The summed E-state index contributed by atoms with van der Waals surface area (Å²) in [5.74, 6) is -4.77. The van der Waals surface area contributed by atoms with Crippen molar-refractivity contribution < 1.29 is 27.9 Å². The summed E-state index contributed by atoms with van der Waals surface area (Å²) in [4.78, 5) is 24.7. The van der Waals surface area contributed by atoms with Gasteiger partial charge in [0, 0.05) is 19.0 Å². The number of alkyl halides is 3. The summed E-state index contributed by atoms with van der Waals surface area (Å²) in [7, 11) is 0. The Morgan fingerprint density at radius 3 is 2.33 bits per heavy atom. The lowest BCUT2D eigenvalue weighted by molar-refractivity contribution is -0.201. The molecule has 120 valence electrons. The van der Waals surface area contributed by atoms with E-state index in [1.807, 2.05) is 0 Å². The molecule has 1 saturated carbocycles. The zero-order valence-corrected chi connectivity index (χ0v) is 11.7. The second-order valence-electron chi connectivity index (χ2n) is 6.00. The Kier molecular flexibility index (Phi) is 4.78. The fourth-order valence-electron chi connectivity index (χ4n) is 3.43. The van der Waals surface area contributed by atoms with Gasteiger partial charge >= 0.3 is 12.1 Å². The quantitative estimate of drug-likeness (QED) is 0.853. The van der Waals surface area contributed by atoms with Crippen LogP contribution in [0, 0.1) is 17.8 Å². The maximum Gasteiger partial charge on any atom is 0.392 e. The lowest BCUT2D eigenvalue weighted by atomic mass is 9.77. The van der Waals surface area contributed by atoms with Crippen molar-refractivity contribution in [3.8, 4) is 0 Å². The van der Waals surface area contributed by atoms with Crippen molar-refractivity contribution in [3.05, 3.63) is 0 Å². The van der Waals surface area contributed by atoms with Crippen LogP contribution in [0.15, 0.2) is 0 Å². The molecule has 1 aliphatic carbocycles. The van der Waals surface area contributed by atoms with E-state index in [0.29, 0.717) is 32.2 Å². The van der Waals surface area contributed by atoms with Crippen molar-refractivity contribution in [2.24, 2.45) is 17.8 Å². The number of likely N-dealkylation sites (tertiary alicyclic amines) is 1. The molecule has 21 heavy (non-hydrogen) atoms. The van der Waals surface area contributed by atoms with Crippen LogP contribution in [0.2, 0.25) is 0 Å². The summed E-state index contributed by atoms with van der Waals surface area (Å²) < 4.78 is 39.2. The third-order valence-corrected chi connectivity index (χ3v) is 4.59. The van der Waals surface area contributed by atoms with Crippen LogP contribution < -0.4 is 0 Å². The third kappa shape index (κ3) is 3.68. The van der Waals surface area contributed by atoms with Crippen molar-refractivity contribution in [2.75, 3.05) is 13.1 Å². The molecule has 0 aromatic heterocycles. The normalized spacial score (nSPS) is 31.0. The van der Waals surface area contributed by atoms with Gasteiger partial charge in [-0.1, -0.05) is 12.8 Å². The second-order valence-corrected chi connectivity index (χ2v) is 6.00. The number of nitrogens with zero attached hydrogens (tertiary/aromatic N) is 1. The lowest BCUT2D eigenvalue weighted by Gasteiger charge is -2.38. The molecule has 2 aliphatic rings. The fourth-order valence-corrected chi connectivity index (χ4v) is 3.43. The minimum atomic E-state index is -4.36. The molecule has 1 saturated heterocycles. The molecule has 1 N–H and O–H groups in total. The largest absolute Gasteiger partial charge is 0.481 e. The average molecular weight is 307 g/mol. The zero-order chi connectivity index (χ0) is 15.6. The van der Waals surface area contributed by atoms with E-state index in [9.17, 15) is 22.8 Å². The lowest BCUT2D eigenvalue weighted by Crippen LogP contribution is -2.49. The first kappa shape index (κ1) is 16.1. The number of rotatable bonds is 2. The Balaban J connectivity index is 2.08. The predicted molar refractivity (Wildman–Crippen MR) is 68.4 cm³/mol. The molecular weight excluding hydrogens is 287 g/mol. The van der Waals surface area contributed by atoms with E-state index in [4.69, 9.17) is 5.11 Å². The van der Waals surface area contributed by atoms with Crippen molar-refractivity contribution in [1.29, 1.82) is 0 Å². The van der Waals surface area contributed by atoms with E-state index < -0.39 is 35.8 Å². The van der Waals surface area contributed by atoms with Gasteiger partial charge in [0.1, 0.15) is 0 Å². The van der Waals surface area contributed by atoms with Gasteiger partial charge in [0.15, 0.2) is 0 Å². The Morgan fingerprint density at radius 1 is 1.05 bits per heavy atom.